The van der Waals surface area contributed by atoms with Gasteiger partial charge in [0.25, 0.3) is 11.8 Å². The van der Waals surface area contributed by atoms with E-state index in [1.807, 2.05) is 0 Å². The van der Waals surface area contributed by atoms with Gasteiger partial charge in [0.15, 0.2) is 17.7 Å². The first-order valence-corrected chi connectivity index (χ1v) is 8.00. The maximum Gasteiger partial charge on any atom is 0.272 e. The van der Waals surface area contributed by atoms with Gasteiger partial charge in [0, 0.05) is 30.1 Å². The Morgan fingerprint density at radius 1 is 1.30 bits per heavy atom. The van der Waals surface area contributed by atoms with Crippen LogP contribution in [0.5, 0.6) is 0 Å². The molecule has 1 aromatic carbocycles. The lowest BCUT2D eigenvalue weighted by Crippen LogP contribution is -2.30. The van der Waals surface area contributed by atoms with E-state index < -0.39 is 29.6 Å². The molecule has 0 aliphatic rings. The maximum absolute atomic E-state index is 13.3. The third kappa shape index (κ3) is 3.99. The standard InChI is InChI=1S/C19H19F2N3O3/c1-5-8-22-19(27)17(25)15-10(2)16(24(4)11(15)3)18(26)23-12-6-7-13(20)14(21)9-12/h1,6-7,9,17,25H,8H2,2-4H3,(H,22,27)(H,23,26). The molecule has 1 aromatic heterocycles. The van der Waals surface area contributed by atoms with Crippen molar-refractivity contribution in [1.29, 1.82) is 0 Å². The second-order valence-electron chi connectivity index (χ2n) is 5.94. The van der Waals surface area contributed by atoms with Crippen LogP contribution in [0, 0.1) is 37.8 Å². The van der Waals surface area contributed by atoms with E-state index in [0.717, 1.165) is 12.1 Å². The molecule has 0 aliphatic carbocycles. The molecule has 2 amide bonds. The van der Waals surface area contributed by atoms with E-state index in [-0.39, 0.29) is 23.5 Å². The molecule has 1 unspecified atom stereocenters. The van der Waals surface area contributed by atoms with Crippen molar-refractivity contribution >= 4 is 17.5 Å². The Morgan fingerprint density at radius 3 is 2.56 bits per heavy atom. The summed E-state index contributed by atoms with van der Waals surface area (Å²) in [7, 11) is 1.60. The highest BCUT2D eigenvalue weighted by atomic mass is 19.2. The monoisotopic (exact) mass is 375 g/mol. The van der Waals surface area contributed by atoms with Crippen molar-refractivity contribution in [3.63, 3.8) is 0 Å². The summed E-state index contributed by atoms with van der Waals surface area (Å²) >= 11 is 0. The summed E-state index contributed by atoms with van der Waals surface area (Å²) in [6.45, 7) is 3.19. The molecule has 0 saturated heterocycles. The molecular weight excluding hydrogens is 356 g/mol. The van der Waals surface area contributed by atoms with Crippen LogP contribution in [0.25, 0.3) is 0 Å². The first-order chi connectivity index (χ1) is 12.7. The number of amides is 2. The number of anilines is 1. The van der Waals surface area contributed by atoms with Crippen LogP contribution in [0.15, 0.2) is 18.2 Å². The molecule has 0 fully saturated rings. The topological polar surface area (TPSA) is 83.4 Å². The number of carbonyl (C=O) groups is 2. The zero-order valence-corrected chi connectivity index (χ0v) is 15.1. The van der Waals surface area contributed by atoms with Gasteiger partial charge in [0.2, 0.25) is 0 Å². The lowest BCUT2D eigenvalue weighted by atomic mass is 10.0. The number of nitrogens with zero attached hydrogens (tertiary/aromatic N) is 1. The SMILES string of the molecule is C#CCNC(=O)C(O)c1c(C)c(C(=O)Nc2ccc(F)c(F)c2)n(C)c1C. The van der Waals surface area contributed by atoms with Crippen LogP contribution in [0.1, 0.15) is 33.4 Å². The maximum atomic E-state index is 13.3. The van der Waals surface area contributed by atoms with Crippen LogP contribution in [0.2, 0.25) is 0 Å². The van der Waals surface area contributed by atoms with Gasteiger partial charge in [-0.2, -0.15) is 0 Å². The molecule has 2 aromatic rings. The molecule has 6 nitrogen and oxygen atoms in total. The van der Waals surface area contributed by atoms with E-state index in [2.05, 4.69) is 16.6 Å². The Morgan fingerprint density at radius 2 is 1.96 bits per heavy atom. The van der Waals surface area contributed by atoms with Gasteiger partial charge in [-0.1, -0.05) is 5.92 Å². The molecule has 2 rings (SSSR count). The fraction of sp³-hybridized carbons (Fsp3) is 0.263. The highest BCUT2D eigenvalue weighted by molar-refractivity contribution is 6.05. The van der Waals surface area contributed by atoms with Crippen molar-refractivity contribution in [1.82, 2.24) is 9.88 Å². The third-order valence-electron chi connectivity index (χ3n) is 4.27. The molecule has 1 heterocycles. The summed E-state index contributed by atoms with van der Waals surface area (Å²) in [5, 5.41) is 15.2. The number of carbonyl (C=O) groups excluding carboxylic acids is 2. The van der Waals surface area contributed by atoms with Crippen molar-refractivity contribution in [3.8, 4) is 12.3 Å². The summed E-state index contributed by atoms with van der Waals surface area (Å²) in [4.78, 5) is 24.6. The quantitative estimate of drug-likeness (QED) is 0.699. The van der Waals surface area contributed by atoms with Crippen molar-refractivity contribution in [2.75, 3.05) is 11.9 Å². The van der Waals surface area contributed by atoms with Gasteiger partial charge in [-0.05, 0) is 31.5 Å². The van der Waals surface area contributed by atoms with Gasteiger partial charge < -0.3 is 20.3 Å². The first kappa shape index (κ1) is 20.1. The van der Waals surface area contributed by atoms with Crippen LogP contribution >= 0.6 is 0 Å². The predicted molar refractivity (Wildman–Crippen MR) is 96.0 cm³/mol. The summed E-state index contributed by atoms with van der Waals surface area (Å²) in [6.07, 6.45) is 3.58. The van der Waals surface area contributed by atoms with E-state index in [1.54, 1.807) is 20.9 Å². The minimum atomic E-state index is -1.51. The number of hydrogen-bond acceptors (Lipinski definition) is 3. The van der Waals surface area contributed by atoms with Crippen LogP contribution in [0.4, 0.5) is 14.5 Å². The molecular formula is C19H19F2N3O3. The van der Waals surface area contributed by atoms with E-state index in [4.69, 9.17) is 6.42 Å². The highest BCUT2D eigenvalue weighted by Crippen LogP contribution is 2.28. The Balaban J connectivity index is 2.35. The summed E-state index contributed by atoms with van der Waals surface area (Å²) < 4.78 is 27.9. The zero-order chi connectivity index (χ0) is 20.3. The second kappa shape index (κ2) is 8.01. The zero-order valence-electron chi connectivity index (χ0n) is 15.1. The lowest BCUT2D eigenvalue weighted by molar-refractivity contribution is -0.129. The van der Waals surface area contributed by atoms with Crippen LogP contribution in [-0.2, 0) is 11.8 Å². The molecule has 1 atom stereocenters. The van der Waals surface area contributed by atoms with E-state index >= 15 is 0 Å². The van der Waals surface area contributed by atoms with Crippen LogP contribution in [0.3, 0.4) is 0 Å². The summed E-state index contributed by atoms with van der Waals surface area (Å²) in [5.41, 5.74) is 1.43. The van der Waals surface area contributed by atoms with Crippen LogP contribution < -0.4 is 10.6 Å². The minimum absolute atomic E-state index is 0.0374. The van der Waals surface area contributed by atoms with Gasteiger partial charge in [-0.15, -0.1) is 6.42 Å². The first-order valence-electron chi connectivity index (χ1n) is 8.00. The number of nitrogens with one attached hydrogen (secondary N) is 2. The Bertz CT molecular complexity index is 945. The number of rotatable bonds is 5. The third-order valence-corrected chi connectivity index (χ3v) is 4.27. The number of benzene rings is 1. The van der Waals surface area contributed by atoms with Gasteiger partial charge in [0.1, 0.15) is 5.69 Å². The molecule has 0 spiro atoms. The Labute approximate surface area is 155 Å². The van der Waals surface area contributed by atoms with Crippen molar-refractivity contribution in [2.45, 2.75) is 20.0 Å². The predicted octanol–water partition coefficient (Wildman–Crippen LogP) is 1.96. The Kier molecular flexibility index (Phi) is 5.98. The second-order valence-corrected chi connectivity index (χ2v) is 5.94. The summed E-state index contributed by atoms with van der Waals surface area (Å²) in [5.74, 6) is -1.15. The highest BCUT2D eigenvalue weighted by Gasteiger charge is 2.28. The number of halogens is 2. The van der Waals surface area contributed by atoms with Gasteiger partial charge in [-0.3, -0.25) is 9.59 Å². The normalized spacial score (nSPS) is 11.6. The molecule has 0 bridgehead atoms. The number of hydrogen-bond donors (Lipinski definition) is 3. The Hall–Kier alpha value is -3.18. The van der Waals surface area contributed by atoms with Gasteiger partial charge in [-0.25, -0.2) is 8.78 Å². The van der Waals surface area contributed by atoms with Crippen molar-refractivity contribution < 1.29 is 23.5 Å². The number of aliphatic hydroxyl groups excluding tert-OH is 1. The number of aromatic nitrogens is 1. The van der Waals surface area contributed by atoms with E-state index in [1.165, 1.54) is 10.6 Å². The average Bonchev–Trinajstić information content (AvgIpc) is 2.84. The smallest absolute Gasteiger partial charge is 0.272 e. The van der Waals surface area contributed by atoms with E-state index in [0.29, 0.717) is 11.3 Å². The van der Waals surface area contributed by atoms with Crippen molar-refractivity contribution in [3.05, 3.63) is 52.3 Å². The minimum Gasteiger partial charge on any atom is -0.378 e. The molecule has 0 aliphatic heterocycles. The van der Waals surface area contributed by atoms with E-state index in [9.17, 15) is 23.5 Å². The molecule has 0 saturated carbocycles. The van der Waals surface area contributed by atoms with Gasteiger partial charge >= 0.3 is 0 Å². The van der Waals surface area contributed by atoms with Crippen molar-refractivity contribution in [2.24, 2.45) is 7.05 Å². The lowest BCUT2D eigenvalue weighted by Gasteiger charge is -2.11. The van der Waals surface area contributed by atoms with Crippen LogP contribution in [-0.4, -0.2) is 28.0 Å². The molecule has 142 valence electrons. The number of terminal acetylenes is 1. The molecule has 0 radical (unpaired) electrons. The average molecular weight is 375 g/mol. The molecule has 27 heavy (non-hydrogen) atoms. The number of aliphatic hydroxyl groups is 1. The van der Waals surface area contributed by atoms with Gasteiger partial charge in [0.05, 0.1) is 6.54 Å². The molecule has 8 heteroatoms. The largest absolute Gasteiger partial charge is 0.378 e. The fourth-order valence-corrected chi connectivity index (χ4v) is 2.85. The summed E-state index contributed by atoms with van der Waals surface area (Å²) in [6, 6.07) is 2.99. The molecule has 3 N–H and O–H groups in total. The fourth-order valence-electron chi connectivity index (χ4n) is 2.85.